The molecule has 0 spiro atoms. The molecule has 35 heavy (non-hydrogen) atoms. The highest BCUT2D eigenvalue weighted by Gasteiger charge is 2.36. The van der Waals surface area contributed by atoms with Crippen LogP contribution in [0.1, 0.15) is 23.5 Å². The van der Waals surface area contributed by atoms with E-state index in [9.17, 15) is 27.6 Å². The van der Waals surface area contributed by atoms with Crippen LogP contribution in [0.2, 0.25) is 15.1 Å². The lowest BCUT2D eigenvalue weighted by Crippen LogP contribution is -2.36. The maximum Gasteiger partial charge on any atom is 0.417 e. The Labute approximate surface area is 209 Å². The van der Waals surface area contributed by atoms with Crippen LogP contribution in [0.4, 0.5) is 36.3 Å². The molecule has 4 N–H and O–H groups in total. The summed E-state index contributed by atoms with van der Waals surface area (Å²) in [5.74, 6) is -3.03. The molecule has 2 heterocycles. The van der Waals surface area contributed by atoms with Crippen LogP contribution >= 0.6 is 34.8 Å². The second-order valence-electron chi connectivity index (χ2n) is 7.45. The fourth-order valence-electron chi connectivity index (χ4n) is 3.47. The molecule has 14 heteroatoms. The molecule has 182 valence electrons. The number of benzene rings is 2. The predicted octanol–water partition coefficient (Wildman–Crippen LogP) is 5.56. The van der Waals surface area contributed by atoms with Crippen molar-refractivity contribution in [2.45, 2.75) is 18.5 Å². The zero-order valence-electron chi connectivity index (χ0n) is 17.2. The predicted molar refractivity (Wildman–Crippen MR) is 126 cm³/mol. The Hall–Kier alpha value is -3.28. The van der Waals surface area contributed by atoms with E-state index in [1.165, 1.54) is 24.3 Å². The molecule has 0 fully saturated rings. The number of carbonyl (C=O) groups is 2. The first-order chi connectivity index (χ1) is 16.4. The Morgan fingerprint density at radius 1 is 1.03 bits per heavy atom. The van der Waals surface area contributed by atoms with Crippen molar-refractivity contribution in [2.24, 2.45) is 0 Å². The van der Waals surface area contributed by atoms with Crippen molar-refractivity contribution in [2.75, 3.05) is 16.0 Å². The van der Waals surface area contributed by atoms with Gasteiger partial charge in [0.25, 0.3) is 5.56 Å². The number of halogens is 6. The van der Waals surface area contributed by atoms with Gasteiger partial charge in [-0.1, -0.05) is 34.8 Å². The van der Waals surface area contributed by atoms with Gasteiger partial charge >= 0.3 is 6.18 Å². The molecule has 1 aliphatic rings. The molecule has 1 aromatic heterocycles. The first kappa shape index (κ1) is 24.8. The molecule has 1 atom stereocenters. The highest BCUT2D eigenvalue weighted by Crippen LogP contribution is 2.37. The quantitative estimate of drug-likeness (QED) is 0.342. The highest BCUT2D eigenvalue weighted by atomic mass is 35.5. The highest BCUT2D eigenvalue weighted by molar-refractivity contribution is 6.35. The summed E-state index contributed by atoms with van der Waals surface area (Å²) in [6, 6.07) is 7.35. The lowest BCUT2D eigenvalue weighted by Gasteiger charge is -2.24. The number of aromatic nitrogens is 2. The Balaban J connectivity index is 1.64. The lowest BCUT2D eigenvalue weighted by molar-refractivity contribution is -0.137. The van der Waals surface area contributed by atoms with Crippen LogP contribution in [0, 0.1) is 0 Å². The smallest absolute Gasteiger partial charge is 0.326 e. The van der Waals surface area contributed by atoms with Gasteiger partial charge in [-0.05, 0) is 36.4 Å². The molecule has 2 aromatic carbocycles. The van der Waals surface area contributed by atoms with Crippen molar-refractivity contribution < 1.29 is 22.8 Å². The summed E-state index contributed by atoms with van der Waals surface area (Å²) in [5, 5.41) is 7.62. The van der Waals surface area contributed by atoms with Crippen LogP contribution in [0.5, 0.6) is 0 Å². The molecule has 1 aliphatic heterocycles. The third-order valence-corrected chi connectivity index (χ3v) is 5.70. The fraction of sp³-hybridized carbons (Fsp3) is 0.143. The van der Waals surface area contributed by atoms with E-state index in [2.05, 4.69) is 25.9 Å². The van der Waals surface area contributed by atoms with E-state index >= 15 is 0 Å². The van der Waals surface area contributed by atoms with Crippen molar-refractivity contribution in [3.8, 4) is 0 Å². The number of anilines is 4. The number of rotatable bonds is 4. The zero-order chi connectivity index (χ0) is 25.5. The van der Waals surface area contributed by atoms with E-state index in [1.54, 1.807) is 0 Å². The number of fused-ring (bicyclic) bond motifs is 1. The average molecular weight is 547 g/mol. The Morgan fingerprint density at radius 2 is 1.71 bits per heavy atom. The SMILES string of the molecule is O=C1CC(C(=O)Nc2ccc(Cl)c(C(F)(F)F)c2)c2c(nc(Nc3cc(Cl)cc(Cl)c3)[nH]c2=O)N1. The van der Waals surface area contributed by atoms with Crippen LogP contribution in [0.25, 0.3) is 0 Å². The molecule has 2 amide bonds. The molecule has 8 nitrogen and oxygen atoms in total. The number of aromatic amines is 1. The third kappa shape index (κ3) is 5.53. The van der Waals surface area contributed by atoms with Gasteiger partial charge < -0.3 is 16.0 Å². The summed E-state index contributed by atoms with van der Waals surface area (Å²) in [6.45, 7) is 0. The molecule has 4 rings (SSSR count). The second kappa shape index (κ2) is 9.40. The van der Waals surface area contributed by atoms with E-state index < -0.39 is 46.5 Å². The van der Waals surface area contributed by atoms with Crippen LogP contribution in [0.3, 0.4) is 0 Å². The molecule has 0 aliphatic carbocycles. The van der Waals surface area contributed by atoms with Gasteiger partial charge in [0.1, 0.15) is 5.82 Å². The summed E-state index contributed by atoms with van der Waals surface area (Å²) in [7, 11) is 0. The maximum absolute atomic E-state index is 13.1. The van der Waals surface area contributed by atoms with E-state index in [-0.39, 0.29) is 23.0 Å². The Kier molecular flexibility index (Phi) is 6.67. The number of hydrogen-bond acceptors (Lipinski definition) is 5. The monoisotopic (exact) mass is 545 g/mol. The molecule has 1 unspecified atom stereocenters. The lowest BCUT2D eigenvalue weighted by atomic mass is 9.92. The molecule has 0 saturated carbocycles. The first-order valence-electron chi connectivity index (χ1n) is 9.75. The van der Waals surface area contributed by atoms with E-state index in [4.69, 9.17) is 34.8 Å². The van der Waals surface area contributed by atoms with E-state index in [1.807, 2.05) is 0 Å². The number of carbonyl (C=O) groups excluding carboxylic acids is 2. The Morgan fingerprint density at radius 3 is 2.37 bits per heavy atom. The largest absolute Gasteiger partial charge is 0.417 e. The van der Waals surface area contributed by atoms with Gasteiger partial charge in [-0.2, -0.15) is 18.2 Å². The molecule has 0 bridgehead atoms. The van der Waals surface area contributed by atoms with E-state index in [0.29, 0.717) is 21.8 Å². The second-order valence-corrected chi connectivity index (χ2v) is 8.73. The number of alkyl halides is 3. The van der Waals surface area contributed by atoms with E-state index in [0.717, 1.165) is 6.07 Å². The summed E-state index contributed by atoms with van der Waals surface area (Å²) in [5.41, 5.74) is -1.85. The van der Waals surface area contributed by atoms with Gasteiger partial charge in [0.05, 0.1) is 22.1 Å². The molecule has 3 aromatic rings. The molecule has 0 radical (unpaired) electrons. The number of nitrogens with zero attached hydrogens (tertiary/aromatic N) is 1. The van der Waals surface area contributed by atoms with Crippen LogP contribution in [0.15, 0.2) is 41.2 Å². The van der Waals surface area contributed by atoms with Gasteiger partial charge in [-0.15, -0.1) is 0 Å². The minimum absolute atomic E-state index is 0.0686. The minimum atomic E-state index is -4.74. The summed E-state index contributed by atoms with van der Waals surface area (Å²) in [4.78, 5) is 44.6. The average Bonchev–Trinajstić information content (AvgIpc) is 2.72. The molecule has 0 saturated heterocycles. The molecular formula is C21H13Cl3F3N5O3. The van der Waals surface area contributed by atoms with Gasteiger partial charge in [0, 0.05) is 27.8 Å². The molecular weight excluding hydrogens is 534 g/mol. The Bertz CT molecular complexity index is 1390. The van der Waals surface area contributed by atoms with Gasteiger partial charge in [0.2, 0.25) is 17.8 Å². The van der Waals surface area contributed by atoms with Crippen molar-refractivity contribution in [1.82, 2.24) is 9.97 Å². The number of nitrogens with one attached hydrogen (secondary N) is 4. The minimum Gasteiger partial charge on any atom is -0.326 e. The van der Waals surface area contributed by atoms with Crippen LogP contribution in [-0.2, 0) is 15.8 Å². The summed E-state index contributed by atoms with van der Waals surface area (Å²) >= 11 is 17.5. The topological polar surface area (TPSA) is 116 Å². The number of amides is 2. The maximum atomic E-state index is 13.1. The summed E-state index contributed by atoms with van der Waals surface area (Å²) < 4.78 is 39.4. The number of H-pyrrole nitrogens is 1. The van der Waals surface area contributed by atoms with Crippen molar-refractivity contribution in [1.29, 1.82) is 0 Å². The van der Waals surface area contributed by atoms with Crippen molar-refractivity contribution in [3.63, 3.8) is 0 Å². The van der Waals surface area contributed by atoms with Gasteiger partial charge in [-0.25, -0.2) is 0 Å². The zero-order valence-corrected chi connectivity index (χ0v) is 19.5. The van der Waals surface area contributed by atoms with Crippen molar-refractivity contribution >= 4 is 69.8 Å². The van der Waals surface area contributed by atoms with Crippen LogP contribution < -0.4 is 21.5 Å². The number of hydrogen-bond donors (Lipinski definition) is 4. The standard InChI is InChI=1S/C21H13Cl3F3N5O3/c22-8-3-9(23)5-11(4-8)29-20-31-17-16(19(35)32-20)12(7-15(33)30-17)18(34)28-10-1-2-14(24)13(6-10)21(25,26)27/h1-6,12H,7H2,(H,28,34)(H3,29,30,31,32,33,35). The van der Waals surface area contributed by atoms with Gasteiger partial charge in [0.15, 0.2) is 0 Å². The normalized spacial score (nSPS) is 15.3. The summed E-state index contributed by atoms with van der Waals surface area (Å²) in [6.07, 6.45) is -5.16. The first-order valence-corrected chi connectivity index (χ1v) is 10.9. The fourth-order valence-corrected chi connectivity index (χ4v) is 4.22. The van der Waals surface area contributed by atoms with Crippen LogP contribution in [-0.4, -0.2) is 21.8 Å². The van der Waals surface area contributed by atoms with Gasteiger partial charge in [-0.3, -0.25) is 19.4 Å². The van der Waals surface area contributed by atoms with Crippen molar-refractivity contribution in [3.05, 3.63) is 72.9 Å². The third-order valence-electron chi connectivity index (χ3n) is 4.93.